The van der Waals surface area contributed by atoms with Crippen LogP contribution in [0.1, 0.15) is 40.2 Å². The number of carbonyl (C=O) groups is 1. The fourth-order valence-electron chi connectivity index (χ4n) is 3.43. The zero-order valence-electron chi connectivity index (χ0n) is 14.6. The summed E-state index contributed by atoms with van der Waals surface area (Å²) < 4.78 is 4.65. The summed E-state index contributed by atoms with van der Waals surface area (Å²) in [4.78, 5) is 12.8. The van der Waals surface area contributed by atoms with Crippen molar-refractivity contribution in [2.45, 2.75) is 32.2 Å². The van der Waals surface area contributed by atoms with Gasteiger partial charge in [0, 0.05) is 41.1 Å². The molecule has 1 amide bonds. The van der Waals surface area contributed by atoms with Gasteiger partial charge in [-0.25, -0.2) is 4.68 Å². The molecule has 6 nitrogen and oxygen atoms in total. The van der Waals surface area contributed by atoms with Gasteiger partial charge in [-0.05, 0) is 43.9 Å². The van der Waals surface area contributed by atoms with Crippen molar-refractivity contribution in [3.63, 3.8) is 0 Å². The second-order valence-electron chi connectivity index (χ2n) is 6.58. The minimum Gasteiger partial charge on any atom is -0.346 e. The van der Waals surface area contributed by atoms with Gasteiger partial charge in [0.15, 0.2) is 5.69 Å². The molecule has 0 saturated heterocycles. The number of nitrogens with one attached hydrogen (secondary N) is 1. The normalized spacial score (nSPS) is 13.5. The largest absolute Gasteiger partial charge is 0.346 e. The molecule has 134 valence electrons. The number of amides is 1. The number of nitrogens with zero attached hydrogens (tertiary/aromatic N) is 4. The second-order valence-corrected chi connectivity index (χ2v) is 7.49. The molecule has 0 unspecified atom stereocenters. The van der Waals surface area contributed by atoms with Crippen LogP contribution in [0.5, 0.6) is 0 Å². The molecule has 3 aromatic rings. The summed E-state index contributed by atoms with van der Waals surface area (Å²) in [6.45, 7) is 0.450. The zero-order chi connectivity index (χ0) is 18.1. The average molecular weight is 414 g/mol. The molecule has 0 saturated carbocycles. The van der Waals surface area contributed by atoms with Gasteiger partial charge in [0.2, 0.25) is 0 Å². The monoisotopic (exact) mass is 413 g/mol. The Bertz CT molecular complexity index is 959. The van der Waals surface area contributed by atoms with Gasteiger partial charge in [0.1, 0.15) is 0 Å². The van der Waals surface area contributed by atoms with Crippen LogP contribution in [-0.4, -0.2) is 25.5 Å². The lowest BCUT2D eigenvalue weighted by Crippen LogP contribution is -2.24. The van der Waals surface area contributed by atoms with Gasteiger partial charge < -0.3 is 5.32 Å². The van der Waals surface area contributed by atoms with Gasteiger partial charge in [-0.3, -0.25) is 9.48 Å². The van der Waals surface area contributed by atoms with Crippen LogP contribution in [0.15, 0.2) is 41.1 Å². The second kappa shape index (κ2) is 7.07. The lowest BCUT2D eigenvalue weighted by atomic mass is 9.95. The highest BCUT2D eigenvalue weighted by Gasteiger charge is 2.25. The summed E-state index contributed by atoms with van der Waals surface area (Å²) in [5.74, 6) is -0.124. The van der Waals surface area contributed by atoms with Crippen molar-refractivity contribution < 1.29 is 4.79 Å². The molecule has 1 N–H and O–H groups in total. The molecule has 1 aromatic carbocycles. The van der Waals surface area contributed by atoms with E-state index in [0.29, 0.717) is 12.2 Å². The van der Waals surface area contributed by atoms with Gasteiger partial charge >= 0.3 is 0 Å². The number of halogens is 1. The third kappa shape index (κ3) is 3.31. The van der Waals surface area contributed by atoms with E-state index < -0.39 is 0 Å². The van der Waals surface area contributed by atoms with E-state index in [9.17, 15) is 4.79 Å². The van der Waals surface area contributed by atoms with E-state index in [2.05, 4.69) is 31.4 Å². The Hall–Kier alpha value is -2.41. The van der Waals surface area contributed by atoms with E-state index in [1.54, 1.807) is 10.9 Å². The molecule has 0 aliphatic heterocycles. The van der Waals surface area contributed by atoms with Crippen molar-refractivity contribution in [3.05, 3.63) is 63.6 Å². The molecular formula is C19H20BrN5O. The first-order chi connectivity index (χ1) is 12.6. The average Bonchev–Trinajstić information content (AvgIpc) is 3.23. The lowest BCUT2D eigenvalue weighted by molar-refractivity contribution is 0.0944. The Balaban J connectivity index is 1.64. The number of carbonyl (C=O) groups excluding carboxylic acids is 1. The van der Waals surface area contributed by atoms with Gasteiger partial charge in [0.25, 0.3) is 5.91 Å². The summed E-state index contributed by atoms with van der Waals surface area (Å²) in [6.07, 6.45) is 7.74. The highest BCUT2D eigenvalue weighted by molar-refractivity contribution is 9.10. The lowest BCUT2D eigenvalue weighted by Gasteiger charge is -2.14. The molecule has 0 fully saturated rings. The van der Waals surface area contributed by atoms with Crippen LogP contribution < -0.4 is 5.32 Å². The summed E-state index contributed by atoms with van der Waals surface area (Å²) in [7, 11) is 1.86. The zero-order valence-corrected chi connectivity index (χ0v) is 16.2. The standard InChI is InChI=1S/C19H20BrN5O/c1-24-12-13(11-22-24)10-21-19(26)18-16-7-2-3-8-17(16)25(23-18)15-6-4-5-14(20)9-15/h4-6,9,11-12H,2-3,7-8,10H2,1H3,(H,21,26). The first-order valence-electron chi connectivity index (χ1n) is 8.74. The maximum absolute atomic E-state index is 12.8. The number of hydrogen-bond acceptors (Lipinski definition) is 3. The molecule has 4 rings (SSSR count). The van der Waals surface area contributed by atoms with Crippen molar-refractivity contribution in [3.8, 4) is 5.69 Å². The van der Waals surface area contributed by atoms with E-state index >= 15 is 0 Å². The fraction of sp³-hybridized carbons (Fsp3) is 0.316. The van der Waals surface area contributed by atoms with Crippen LogP contribution >= 0.6 is 15.9 Å². The van der Waals surface area contributed by atoms with Gasteiger partial charge in [-0.1, -0.05) is 22.0 Å². The predicted molar refractivity (Wildman–Crippen MR) is 102 cm³/mol. The number of benzene rings is 1. The molecular weight excluding hydrogens is 394 g/mol. The van der Waals surface area contributed by atoms with Crippen LogP contribution in [0.25, 0.3) is 5.69 Å². The predicted octanol–water partition coefficient (Wildman–Crippen LogP) is 3.18. The van der Waals surface area contributed by atoms with Gasteiger partial charge in [-0.2, -0.15) is 10.2 Å². The number of aryl methyl sites for hydroxylation is 1. The van der Waals surface area contributed by atoms with Crippen LogP contribution in [0, 0.1) is 0 Å². The van der Waals surface area contributed by atoms with Gasteiger partial charge in [0.05, 0.1) is 11.9 Å². The van der Waals surface area contributed by atoms with Crippen molar-refractivity contribution in [1.29, 1.82) is 0 Å². The highest BCUT2D eigenvalue weighted by Crippen LogP contribution is 2.28. The molecule has 2 heterocycles. The van der Waals surface area contributed by atoms with E-state index in [4.69, 9.17) is 0 Å². The molecule has 2 aromatic heterocycles. The summed E-state index contributed by atoms with van der Waals surface area (Å²) >= 11 is 3.52. The van der Waals surface area contributed by atoms with E-state index in [-0.39, 0.29) is 5.91 Å². The third-order valence-corrected chi connectivity index (χ3v) is 5.15. The Morgan fingerprint density at radius 1 is 1.31 bits per heavy atom. The molecule has 0 bridgehead atoms. The number of fused-ring (bicyclic) bond motifs is 1. The number of hydrogen-bond donors (Lipinski definition) is 1. The Morgan fingerprint density at radius 2 is 2.15 bits per heavy atom. The Labute approximate surface area is 160 Å². The fourth-order valence-corrected chi connectivity index (χ4v) is 3.82. The number of aromatic nitrogens is 4. The smallest absolute Gasteiger partial charge is 0.272 e. The van der Waals surface area contributed by atoms with Crippen LogP contribution in [0.3, 0.4) is 0 Å². The van der Waals surface area contributed by atoms with E-state index in [1.165, 1.54) is 0 Å². The summed E-state index contributed by atoms with van der Waals surface area (Å²) in [5.41, 5.74) is 4.73. The minimum absolute atomic E-state index is 0.124. The van der Waals surface area contributed by atoms with Crippen molar-refractivity contribution in [2.75, 3.05) is 0 Å². The van der Waals surface area contributed by atoms with E-state index in [1.807, 2.05) is 42.2 Å². The third-order valence-electron chi connectivity index (χ3n) is 4.66. The first kappa shape index (κ1) is 17.0. The number of rotatable bonds is 4. The maximum Gasteiger partial charge on any atom is 0.272 e. The molecule has 7 heteroatoms. The Morgan fingerprint density at radius 3 is 2.92 bits per heavy atom. The molecule has 0 radical (unpaired) electrons. The summed E-state index contributed by atoms with van der Waals surface area (Å²) in [5, 5.41) is 11.8. The molecule has 0 atom stereocenters. The molecule has 26 heavy (non-hydrogen) atoms. The van der Waals surface area contributed by atoms with E-state index in [0.717, 1.165) is 52.7 Å². The molecule has 0 spiro atoms. The van der Waals surface area contributed by atoms with Crippen LogP contribution in [0.2, 0.25) is 0 Å². The van der Waals surface area contributed by atoms with Crippen molar-refractivity contribution >= 4 is 21.8 Å². The minimum atomic E-state index is -0.124. The first-order valence-corrected chi connectivity index (χ1v) is 9.53. The van der Waals surface area contributed by atoms with Crippen molar-refractivity contribution in [2.24, 2.45) is 7.05 Å². The van der Waals surface area contributed by atoms with Crippen LogP contribution in [0.4, 0.5) is 0 Å². The van der Waals surface area contributed by atoms with Gasteiger partial charge in [-0.15, -0.1) is 0 Å². The molecule has 1 aliphatic rings. The Kier molecular flexibility index (Phi) is 4.63. The van der Waals surface area contributed by atoms with Crippen molar-refractivity contribution in [1.82, 2.24) is 24.9 Å². The SMILES string of the molecule is Cn1cc(CNC(=O)c2nn(-c3cccc(Br)c3)c3c2CCCC3)cn1. The summed E-state index contributed by atoms with van der Waals surface area (Å²) in [6, 6.07) is 8.02. The van der Waals surface area contributed by atoms with Crippen LogP contribution in [-0.2, 0) is 26.4 Å². The quantitative estimate of drug-likeness (QED) is 0.714. The maximum atomic E-state index is 12.8. The highest BCUT2D eigenvalue weighted by atomic mass is 79.9. The topological polar surface area (TPSA) is 64.7 Å². The molecule has 1 aliphatic carbocycles.